The van der Waals surface area contributed by atoms with Crippen LogP contribution in [0.15, 0.2) is 0 Å². The van der Waals surface area contributed by atoms with Crippen molar-refractivity contribution < 1.29 is 9.84 Å². The quantitative estimate of drug-likeness (QED) is 0.819. The van der Waals surface area contributed by atoms with Gasteiger partial charge in [-0.25, -0.2) is 0 Å². The molecular weight excluding hydrogens is 262 g/mol. The molecule has 0 aromatic carbocycles. The van der Waals surface area contributed by atoms with E-state index < -0.39 is 0 Å². The highest BCUT2D eigenvalue weighted by atomic mass is 16.5. The number of aliphatic hydroxyl groups is 1. The minimum Gasteiger partial charge on any atom is -0.394 e. The number of fused-ring (bicyclic) bond motifs is 2. The molecule has 3 aliphatic rings. The summed E-state index contributed by atoms with van der Waals surface area (Å²) in [6, 6.07) is 0. The topological polar surface area (TPSA) is 55.5 Å². The number of nitrogens with two attached hydrogens (primary N) is 1. The number of rotatable bonds is 5. The molecule has 2 bridgehead atoms. The van der Waals surface area contributed by atoms with E-state index >= 15 is 0 Å². The fourth-order valence-corrected chi connectivity index (χ4v) is 5.54. The molecule has 3 fully saturated rings. The average molecular weight is 295 g/mol. The molecular formula is C18H33NO2. The molecule has 0 spiro atoms. The van der Waals surface area contributed by atoms with Crippen LogP contribution in [0.2, 0.25) is 0 Å². The van der Waals surface area contributed by atoms with Crippen LogP contribution in [-0.4, -0.2) is 30.0 Å². The van der Waals surface area contributed by atoms with Gasteiger partial charge in [-0.05, 0) is 61.2 Å². The van der Waals surface area contributed by atoms with Gasteiger partial charge in [0.2, 0.25) is 0 Å². The molecule has 0 saturated heterocycles. The van der Waals surface area contributed by atoms with E-state index in [1.54, 1.807) is 0 Å². The van der Waals surface area contributed by atoms with Gasteiger partial charge in [0.1, 0.15) is 0 Å². The fraction of sp³-hybridized carbons (Fsp3) is 1.00. The van der Waals surface area contributed by atoms with Gasteiger partial charge in [0.05, 0.1) is 12.7 Å². The van der Waals surface area contributed by atoms with Gasteiger partial charge in [-0.3, -0.25) is 0 Å². The molecule has 122 valence electrons. The molecule has 0 aliphatic heterocycles. The minimum atomic E-state index is -0.346. The van der Waals surface area contributed by atoms with Gasteiger partial charge in [0.15, 0.2) is 0 Å². The third kappa shape index (κ3) is 2.27. The van der Waals surface area contributed by atoms with E-state index in [1.807, 2.05) is 0 Å². The van der Waals surface area contributed by atoms with Crippen molar-refractivity contribution in [1.82, 2.24) is 0 Å². The largest absolute Gasteiger partial charge is 0.394 e. The highest BCUT2D eigenvalue weighted by molar-refractivity contribution is 5.11. The molecule has 3 aliphatic carbocycles. The zero-order valence-electron chi connectivity index (χ0n) is 14.0. The third-order valence-corrected chi connectivity index (χ3v) is 7.80. The standard InChI is InChI=1S/C18H33NO2/c1-16(2)14-6-9-17(16,3)15(11-14)21-10-7-13-5-4-8-18(13,19)12-20/h13-15,20H,4-12,19H2,1-3H3. The van der Waals surface area contributed by atoms with E-state index in [9.17, 15) is 5.11 Å². The summed E-state index contributed by atoms with van der Waals surface area (Å²) in [5.74, 6) is 1.27. The van der Waals surface area contributed by atoms with Crippen LogP contribution in [0.3, 0.4) is 0 Å². The van der Waals surface area contributed by atoms with Crippen LogP contribution in [0.25, 0.3) is 0 Å². The Bertz CT molecular complexity index is 397. The first-order chi connectivity index (χ1) is 9.83. The summed E-state index contributed by atoms with van der Waals surface area (Å²) >= 11 is 0. The highest BCUT2D eigenvalue weighted by Crippen LogP contribution is 2.66. The van der Waals surface area contributed by atoms with Crippen LogP contribution in [0.5, 0.6) is 0 Å². The average Bonchev–Trinajstić information content (AvgIpc) is 2.98. The predicted octanol–water partition coefficient (Wildman–Crippen LogP) is 3.10. The van der Waals surface area contributed by atoms with Crippen molar-refractivity contribution in [2.75, 3.05) is 13.2 Å². The third-order valence-electron chi connectivity index (χ3n) is 7.80. The van der Waals surface area contributed by atoms with Crippen molar-refractivity contribution in [1.29, 1.82) is 0 Å². The van der Waals surface area contributed by atoms with Crippen molar-refractivity contribution in [3.63, 3.8) is 0 Å². The van der Waals surface area contributed by atoms with Gasteiger partial charge in [-0.1, -0.05) is 27.2 Å². The molecule has 0 radical (unpaired) electrons. The second kappa shape index (κ2) is 5.21. The van der Waals surface area contributed by atoms with E-state index in [-0.39, 0.29) is 12.1 Å². The van der Waals surface area contributed by atoms with Crippen LogP contribution >= 0.6 is 0 Å². The Morgan fingerprint density at radius 1 is 1.19 bits per heavy atom. The van der Waals surface area contributed by atoms with Crippen molar-refractivity contribution in [3.8, 4) is 0 Å². The van der Waals surface area contributed by atoms with E-state index in [4.69, 9.17) is 10.5 Å². The van der Waals surface area contributed by atoms with Gasteiger partial charge in [-0.2, -0.15) is 0 Å². The maximum Gasteiger partial charge on any atom is 0.0636 e. The van der Waals surface area contributed by atoms with Crippen molar-refractivity contribution in [2.24, 2.45) is 28.4 Å². The van der Waals surface area contributed by atoms with Crippen molar-refractivity contribution in [2.45, 2.75) is 77.4 Å². The Kier molecular flexibility index (Phi) is 3.91. The van der Waals surface area contributed by atoms with E-state index in [0.717, 1.165) is 38.2 Å². The molecule has 3 nitrogen and oxygen atoms in total. The highest BCUT2D eigenvalue weighted by Gasteiger charge is 2.61. The first-order valence-corrected chi connectivity index (χ1v) is 8.85. The zero-order chi connectivity index (χ0) is 15.3. The van der Waals surface area contributed by atoms with Gasteiger partial charge in [-0.15, -0.1) is 0 Å². The molecule has 0 aromatic rings. The fourth-order valence-electron chi connectivity index (χ4n) is 5.54. The Labute approximate surface area is 129 Å². The van der Waals surface area contributed by atoms with Crippen LogP contribution < -0.4 is 5.73 Å². The SMILES string of the molecule is CC1(C)C2CCC1(C)C(OCCC1CCCC1(N)CO)C2. The van der Waals surface area contributed by atoms with Crippen molar-refractivity contribution in [3.05, 3.63) is 0 Å². The van der Waals surface area contributed by atoms with Crippen molar-refractivity contribution >= 4 is 0 Å². The van der Waals surface area contributed by atoms with Gasteiger partial charge in [0.25, 0.3) is 0 Å². The normalized spacial score (nSPS) is 48.1. The molecule has 21 heavy (non-hydrogen) atoms. The molecule has 3 rings (SSSR count). The minimum absolute atomic E-state index is 0.119. The summed E-state index contributed by atoms with van der Waals surface area (Å²) in [6.07, 6.45) is 8.63. The molecule has 0 aromatic heterocycles. The van der Waals surface area contributed by atoms with Crippen LogP contribution in [-0.2, 0) is 4.74 Å². The number of hydrogen-bond donors (Lipinski definition) is 2. The molecule has 0 heterocycles. The Morgan fingerprint density at radius 3 is 2.52 bits per heavy atom. The lowest BCUT2D eigenvalue weighted by Gasteiger charge is -2.39. The zero-order valence-corrected chi connectivity index (χ0v) is 14.0. The monoisotopic (exact) mass is 295 g/mol. The first kappa shape index (κ1) is 15.8. The van der Waals surface area contributed by atoms with Gasteiger partial charge < -0.3 is 15.6 Å². The smallest absolute Gasteiger partial charge is 0.0636 e. The van der Waals surface area contributed by atoms with E-state index in [0.29, 0.717) is 22.9 Å². The first-order valence-electron chi connectivity index (χ1n) is 8.85. The molecule has 5 unspecified atom stereocenters. The summed E-state index contributed by atoms with van der Waals surface area (Å²) < 4.78 is 6.34. The lowest BCUT2D eigenvalue weighted by Crippen LogP contribution is -2.47. The van der Waals surface area contributed by atoms with E-state index in [2.05, 4.69) is 20.8 Å². The lowest BCUT2D eigenvalue weighted by atomic mass is 9.70. The summed E-state index contributed by atoms with van der Waals surface area (Å²) in [6.45, 7) is 8.23. The number of ether oxygens (including phenoxy) is 1. The number of aliphatic hydroxyl groups excluding tert-OH is 1. The predicted molar refractivity (Wildman–Crippen MR) is 84.9 cm³/mol. The maximum atomic E-state index is 9.54. The van der Waals surface area contributed by atoms with Crippen LogP contribution in [0, 0.1) is 22.7 Å². The summed E-state index contributed by atoms with van der Waals surface area (Å²) in [5, 5.41) is 9.54. The molecule has 3 saturated carbocycles. The summed E-state index contributed by atoms with van der Waals surface area (Å²) in [7, 11) is 0. The van der Waals surface area contributed by atoms with Crippen LogP contribution in [0.4, 0.5) is 0 Å². The molecule has 5 atom stereocenters. The lowest BCUT2D eigenvalue weighted by molar-refractivity contribution is -0.0524. The molecule has 0 amide bonds. The van der Waals surface area contributed by atoms with Gasteiger partial charge >= 0.3 is 0 Å². The maximum absolute atomic E-state index is 9.54. The Morgan fingerprint density at radius 2 is 1.95 bits per heavy atom. The Hall–Kier alpha value is -0.120. The number of hydrogen-bond acceptors (Lipinski definition) is 3. The Balaban J connectivity index is 1.53. The second-order valence-corrected chi connectivity index (χ2v) is 8.74. The molecule has 3 heteroatoms. The summed E-state index contributed by atoms with van der Waals surface area (Å²) in [5.41, 5.74) is 6.75. The van der Waals surface area contributed by atoms with E-state index in [1.165, 1.54) is 19.3 Å². The molecule has 3 N–H and O–H groups in total. The van der Waals surface area contributed by atoms with Gasteiger partial charge in [0, 0.05) is 12.1 Å². The van der Waals surface area contributed by atoms with Crippen LogP contribution in [0.1, 0.15) is 65.7 Å². The summed E-state index contributed by atoms with van der Waals surface area (Å²) in [4.78, 5) is 0. The second-order valence-electron chi connectivity index (χ2n) is 8.74.